The van der Waals surface area contributed by atoms with Gasteiger partial charge in [0.15, 0.2) is 0 Å². The summed E-state index contributed by atoms with van der Waals surface area (Å²) in [5.74, 6) is 0.847. The van der Waals surface area contributed by atoms with E-state index in [0.29, 0.717) is 31.3 Å². The van der Waals surface area contributed by atoms with E-state index in [-0.39, 0.29) is 31.4 Å². The van der Waals surface area contributed by atoms with E-state index in [9.17, 15) is 19.2 Å². The quantitative estimate of drug-likeness (QED) is 0.111. The van der Waals surface area contributed by atoms with Crippen LogP contribution in [-0.4, -0.2) is 92.1 Å². The van der Waals surface area contributed by atoms with Gasteiger partial charge in [0.05, 0.1) is 44.0 Å². The summed E-state index contributed by atoms with van der Waals surface area (Å²) >= 11 is 0. The van der Waals surface area contributed by atoms with Gasteiger partial charge in [-0.25, -0.2) is 19.6 Å². The number of benzene rings is 2. The minimum absolute atomic E-state index is 0.140. The Balaban J connectivity index is 1.22. The lowest BCUT2D eigenvalue weighted by Crippen LogP contribution is -2.40. The molecule has 0 radical (unpaired) electrons. The average Bonchev–Trinajstić information content (AvgIpc) is 3.99. The number of aromatic amines is 2. The summed E-state index contributed by atoms with van der Waals surface area (Å²) in [5, 5.41) is 13.6. The molecule has 0 saturated heterocycles. The van der Waals surface area contributed by atoms with Crippen molar-refractivity contribution in [3.63, 3.8) is 0 Å². The van der Waals surface area contributed by atoms with Crippen LogP contribution in [0.2, 0.25) is 0 Å². The molecule has 6 rings (SSSR count). The van der Waals surface area contributed by atoms with Gasteiger partial charge in [0.1, 0.15) is 24.7 Å². The molecule has 0 bridgehead atoms. The molecule has 0 unspecified atom stereocenters. The van der Waals surface area contributed by atoms with Gasteiger partial charge in [-0.05, 0) is 84.7 Å². The smallest absolute Gasteiger partial charge is 0.407 e. The lowest BCUT2D eigenvalue weighted by atomic mass is 9.87. The highest BCUT2D eigenvalue weighted by Crippen LogP contribution is 2.43. The van der Waals surface area contributed by atoms with Crippen molar-refractivity contribution in [2.75, 3.05) is 33.3 Å². The number of nitrogens with one attached hydrogen (secondary N) is 4. The number of imidazole rings is 2. The Hall–Kier alpha value is -5.66. The Bertz CT molecular complexity index is 1980. The van der Waals surface area contributed by atoms with Crippen LogP contribution >= 0.6 is 0 Å². The first-order chi connectivity index (χ1) is 25.7. The van der Waals surface area contributed by atoms with Crippen LogP contribution in [0.5, 0.6) is 0 Å². The van der Waals surface area contributed by atoms with E-state index < -0.39 is 12.2 Å². The minimum atomic E-state index is -1.23. The van der Waals surface area contributed by atoms with Crippen LogP contribution in [0.3, 0.4) is 0 Å². The number of aromatic nitrogens is 4. The summed E-state index contributed by atoms with van der Waals surface area (Å²) < 4.78 is 4.60. The van der Waals surface area contributed by atoms with Gasteiger partial charge in [-0.2, -0.15) is 0 Å². The summed E-state index contributed by atoms with van der Waals surface area (Å²) in [6, 6.07) is 8.85. The fraction of sp³-hybridized carbons (Fsp3) is 0.436. The molecule has 0 saturated carbocycles. The van der Waals surface area contributed by atoms with Crippen LogP contribution in [-0.2, 0) is 53.1 Å². The molecular formula is C39H48N8O6. The number of H-pyrrole nitrogens is 2. The van der Waals surface area contributed by atoms with Gasteiger partial charge in [-0.1, -0.05) is 38.1 Å². The van der Waals surface area contributed by atoms with E-state index in [4.69, 9.17) is 5.11 Å². The fourth-order valence-corrected chi connectivity index (χ4v) is 7.66. The van der Waals surface area contributed by atoms with Gasteiger partial charge in [0, 0.05) is 24.2 Å². The minimum Gasteiger partial charge on any atom is -0.465 e. The molecule has 0 aliphatic heterocycles. The van der Waals surface area contributed by atoms with Crippen LogP contribution in [0.4, 0.5) is 9.59 Å². The first-order valence-electron chi connectivity index (χ1n) is 18.4. The summed E-state index contributed by atoms with van der Waals surface area (Å²) in [4.78, 5) is 67.4. The van der Waals surface area contributed by atoms with Gasteiger partial charge < -0.3 is 40.2 Å². The number of carbonyl (C=O) groups is 4. The van der Waals surface area contributed by atoms with Crippen molar-refractivity contribution in [2.24, 2.45) is 0 Å². The number of hydrogen-bond donors (Lipinski definition) is 5. The lowest BCUT2D eigenvalue weighted by Gasteiger charge is -2.21. The number of amides is 4. The summed E-state index contributed by atoms with van der Waals surface area (Å²) in [6.45, 7) is 5.19. The average molecular weight is 725 g/mol. The third-order valence-corrected chi connectivity index (χ3v) is 10.0. The Labute approximate surface area is 308 Å². The van der Waals surface area contributed by atoms with Crippen LogP contribution in [0.15, 0.2) is 36.7 Å². The zero-order chi connectivity index (χ0) is 37.5. The van der Waals surface area contributed by atoms with Gasteiger partial charge in [-0.3, -0.25) is 9.59 Å². The first-order valence-corrected chi connectivity index (χ1v) is 18.4. The second-order valence-corrected chi connectivity index (χ2v) is 13.6. The second kappa shape index (κ2) is 16.8. The van der Waals surface area contributed by atoms with Gasteiger partial charge >= 0.3 is 12.2 Å². The van der Waals surface area contributed by atoms with Crippen molar-refractivity contribution in [2.45, 2.75) is 78.3 Å². The SMILES string of the molecule is CCCN(Cc1ncc(-c2ccc(-c3ccc(-c4cnc(CN(CCC)C(=O)CNC(=O)OC)[nH]4)c4c3CCC4)c3c2CCC3)[nH]1)C(=O)CNC(=O)O. The van der Waals surface area contributed by atoms with E-state index in [1.54, 1.807) is 9.80 Å². The highest BCUT2D eigenvalue weighted by atomic mass is 16.5. The largest absolute Gasteiger partial charge is 0.465 e. The highest BCUT2D eigenvalue weighted by molar-refractivity contribution is 5.84. The Morgan fingerprint density at radius 1 is 0.698 bits per heavy atom. The zero-order valence-corrected chi connectivity index (χ0v) is 30.6. The molecule has 14 heteroatoms. The van der Waals surface area contributed by atoms with E-state index in [1.807, 2.05) is 26.2 Å². The van der Waals surface area contributed by atoms with E-state index in [1.165, 1.54) is 40.5 Å². The van der Waals surface area contributed by atoms with Crippen molar-refractivity contribution >= 4 is 24.0 Å². The highest BCUT2D eigenvalue weighted by Gasteiger charge is 2.27. The molecule has 2 aromatic carbocycles. The number of methoxy groups -OCH3 is 1. The number of nitrogens with zero attached hydrogens (tertiary/aromatic N) is 4. The molecule has 2 heterocycles. The second-order valence-electron chi connectivity index (χ2n) is 13.6. The van der Waals surface area contributed by atoms with E-state index in [2.05, 4.69) is 59.6 Å². The lowest BCUT2D eigenvalue weighted by molar-refractivity contribution is -0.131. The number of carbonyl (C=O) groups excluding carboxylic acids is 3. The molecule has 0 spiro atoms. The Morgan fingerprint density at radius 3 is 1.53 bits per heavy atom. The molecule has 5 N–H and O–H groups in total. The number of alkyl carbamates (subject to hydrolysis) is 1. The molecule has 4 aromatic rings. The first kappa shape index (κ1) is 37.1. The van der Waals surface area contributed by atoms with Crippen LogP contribution in [0.25, 0.3) is 33.6 Å². The van der Waals surface area contributed by atoms with E-state index in [0.717, 1.165) is 73.9 Å². The molecule has 2 aromatic heterocycles. The molecule has 4 amide bonds. The normalized spacial score (nSPS) is 13.0. The summed E-state index contributed by atoms with van der Waals surface area (Å²) in [6.07, 6.45) is 9.42. The zero-order valence-electron chi connectivity index (χ0n) is 30.6. The van der Waals surface area contributed by atoms with Crippen molar-refractivity contribution in [1.82, 2.24) is 40.4 Å². The molecule has 280 valence electrons. The van der Waals surface area contributed by atoms with Crippen LogP contribution < -0.4 is 10.6 Å². The van der Waals surface area contributed by atoms with Crippen LogP contribution in [0.1, 0.15) is 73.4 Å². The number of rotatable bonds is 15. The molecule has 2 aliphatic carbocycles. The number of carboxylic acid groups (broad SMARTS) is 1. The maximum absolute atomic E-state index is 12.8. The molecule has 2 aliphatic rings. The maximum atomic E-state index is 12.8. The van der Waals surface area contributed by atoms with Crippen LogP contribution in [0, 0.1) is 0 Å². The third kappa shape index (κ3) is 8.37. The predicted molar refractivity (Wildman–Crippen MR) is 199 cm³/mol. The molecule has 0 fully saturated rings. The summed E-state index contributed by atoms with van der Waals surface area (Å²) in [7, 11) is 1.27. The van der Waals surface area contributed by atoms with Gasteiger partial charge in [0.2, 0.25) is 11.8 Å². The van der Waals surface area contributed by atoms with Crippen molar-refractivity contribution in [3.05, 3.63) is 70.6 Å². The van der Waals surface area contributed by atoms with Gasteiger partial charge in [0.25, 0.3) is 0 Å². The Morgan fingerprint density at radius 2 is 1.11 bits per heavy atom. The fourth-order valence-electron chi connectivity index (χ4n) is 7.66. The number of ether oxygens (including phenoxy) is 1. The van der Waals surface area contributed by atoms with Crippen molar-refractivity contribution in [3.8, 4) is 33.6 Å². The van der Waals surface area contributed by atoms with E-state index >= 15 is 0 Å². The molecule has 53 heavy (non-hydrogen) atoms. The van der Waals surface area contributed by atoms with Crippen molar-refractivity contribution in [1.29, 1.82) is 0 Å². The molecule has 0 atom stereocenters. The molecular weight excluding hydrogens is 676 g/mol. The van der Waals surface area contributed by atoms with Crippen molar-refractivity contribution < 1.29 is 29.0 Å². The standard InChI is InChI=1S/C39H48N8O6/c1-4-16-46(36(48)20-42-38(50)51)22-34-40-18-32(44-34)30-14-12-28(24-8-6-10-26(24)30)29-13-15-31(27-11-7-9-25(27)29)33-19-41-35(45-33)23-47(17-5-2)37(49)21-43-39(52)53-3/h12-15,18-19,42H,4-11,16-17,20-23H2,1-3H3,(H,40,44)(H,41,45)(H,43,52)(H,50,51). The maximum Gasteiger partial charge on any atom is 0.407 e. The number of fused-ring (bicyclic) bond motifs is 2. The van der Waals surface area contributed by atoms with Gasteiger partial charge in [-0.15, -0.1) is 0 Å². The summed E-state index contributed by atoms with van der Waals surface area (Å²) in [5.41, 5.74) is 12.0. The molecule has 14 nitrogen and oxygen atoms in total. The third-order valence-electron chi connectivity index (χ3n) is 10.0. The monoisotopic (exact) mass is 724 g/mol. The number of hydrogen-bond acceptors (Lipinski definition) is 7. The topological polar surface area (TPSA) is 186 Å². The Kier molecular flexibility index (Phi) is 11.8. The predicted octanol–water partition coefficient (Wildman–Crippen LogP) is 5.21.